The van der Waals surface area contributed by atoms with E-state index in [9.17, 15) is 0 Å². The molecule has 0 saturated heterocycles. The summed E-state index contributed by atoms with van der Waals surface area (Å²) in [5, 5.41) is 3.55. The molecule has 1 aliphatic heterocycles. The Bertz CT molecular complexity index is 425. The Balaban J connectivity index is 1.65. The van der Waals surface area contributed by atoms with Gasteiger partial charge >= 0.3 is 0 Å². The van der Waals surface area contributed by atoms with Crippen molar-refractivity contribution >= 4 is 0 Å². The molecule has 21 heavy (non-hydrogen) atoms. The molecule has 118 valence electrons. The molecule has 0 aromatic heterocycles. The molecule has 0 fully saturated rings. The Morgan fingerprint density at radius 1 is 1.14 bits per heavy atom. The van der Waals surface area contributed by atoms with Crippen molar-refractivity contribution in [1.82, 2.24) is 10.2 Å². The summed E-state index contributed by atoms with van der Waals surface area (Å²) >= 11 is 0. The second-order valence-electron chi connectivity index (χ2n) is 6.97. The van der Waals surface area contributed by atoms with E-state index in [0.29, 0.717) is 0 Å². The molecule has 0 atom stereocenters. The number of fused-ring (bicyclic) bond motifs is 1. The zero-order valence-electron chi connectivity index (χ0n) is 13.8. The summed E-state index contributed by atoms with van der Waals surface area (Å²) < 4.78 is 5.81. The fourth-order valence-corrected chi connectivity index (χ4v) is 2.67. The maximum atomic E-state index is 5.81. The van der Waals surface area contributed by atoms with Crippen molar-refractivity contribution in [3.05, 3.63) is 29.8 Å². The van der Waals surface area contributed by atoms with Crippen LogP contribution in [0.4, 0.5) is 0 Å². The van der Waals surface area contributed by atoms with E-state index in [-0.39, 0.29) is 5.54 Å². The lowest BCUT2D eigenvalue weighted by Crippen LogP contribution is -2.36. The van der Waals surface area contributed by atoms with Crippen LogP contribution in [0.2, 0.25) is 0 Å². The van der Waals surface area contributed by atoms with Crippen molar-refractivity contribution in [1.29, 1.82) is 0 Å². The van der Waals surface area contributed by atoms with Crippen LogP contribution in [0, 0.1) is 0 Å². The van der Waals surface area contributed by atoms with Gasteiger partial charge in [-0.05, 0) is 52.8 Å². The third kappa shape index (κ3) is 6.06. The van der Waals surface area contributed by atoms with Gasteiger partial charge in [0.2, 0.25) is 0 Å². The van der Waals surface area contributed by atoms with Gasteiger partial charge in [-0.3, -0.25) is 4.90 Å². The SMILES string of the molecule is CC(C)(C)NCCCCCN1CCOc2ccccc2C1. The molecule has 1 aromatic carbocycles. The summed E-state index contributed by atoms with van der Waals surface area (Å²) in [4.78, 5) is 2.52. The van der Waals surface area contributed by atoms with Crippen molar-refractivity contribution < 1.29 is 4.74 Å². The fraction of sp³-hybridized carbons (Fsp3) is 0.667. The first kappa shape index (κ1) is 16.3. The van der Waals surface area contributed by atoms with Crippen LogP contribution >= 0.6 is 0 Å². The molecule has 1 heterocycles. The molecule has 1 aliphatic rings. The second-order valence-corrected chi connectivity index (χ2v) is 6.97. The van der Waals surface area contributed by atoms with Crippen LogP contribution in [0.25, 0.3) is 0 Å². The third-order valence-electron chi connectivity index (χ3n) is 3.84. The number of nitrogens with one attached hydrogen (secondary N) is 1. The number of nitrogens with zero attached hydrogens (tertiary/aromatic N) is 1. The highest BCUT2D eigenvalue weighted by Crippen LogP contribution is 2.22. The van der Waals surface area contributed by atoms with E-state index in [2.05, 4.69) is 55.3 Å². The summed E-state index contributed by atoms with van der Waals surface area (Å²) in [6.07, 6.45) is 3.83. The van der Waals surface area contributed by atoms with E-state index >= 15 is 0 Å². The number of rotatable bonds is 6. The van der Waals surface area contributed by atoms with E-state index in [0.717, 1.165) is 32.0 Å². The summed E-state index contributed by atoms with van der Waals surface area (Å²) in [7, 11) is 0. The summed E-state index contributed by atoms with van der Waals surface area (Å²) in [6, 6.07) is 8.42. The van der Waals surface area contributed by atoms with Crippen LogP contribution in [0.15, 0.2) is 24.3 Å². The third-order valence-corrected chi connectivity index (χ3v) is 3.84. The minimum absolute atomic E-state index is 0.242. The normalized spacial score (nSPS) is 16.1. The van der Waals surface area contributed by atoms with Gasteiger partial charge in [-0.15, -0.1) is 0 Å². The van der Waals surface area contributed by atoms with E-state index in [1.807, 2.05) is 0 Å². The van der Waals surface area contributed by atoms with E-state index in [4.69, 9.17) is 4.74 Å². The van der Waals surface area contributed by atoms with Crippen LogP contribution in [0.3, 0.4) is 0 Å². The highest BCUT2D eigenvalue weighted by molar-refractivity contribution is 5.33. The summed E-state index contributed by atoms with van der Waals surface area (Å²) in [5.41, 5.74) is 1.57. The summed E-state index contributed by atoms with van der Waals surface area (Å²) in [5.74, 6) is 1.06. The van der Waals surface area contributed by atoms with Gasteiger partial charge in [0.15, 0.2) is 0 Å². The van der Waals surface area contributed by atoms with Crippen molar-refractivity contribution in [2.45, 2.75) is 52.1 Å². The molecule has 3 heteroatoms. The first-order chi connectivity index (χ1) is 10.0. The van der Waals surface area contributed by atoms with Gasteiger partial charge in [-0.2, -0.15) is 0 Å². The minimum Gasteiger partial charge on any atom is -0.492 e. The Morgan fingerprint density at radius 3 is 2.76 bits per heavy atom. The molecule has 0 radical (unpaired) electrons. The van der Waals surface area contributed by atoms with E-state index in [1.165, 1.54) is 31.4 Å². The number of benzene rings is 1. The van der Waals surface area contributed by atoms with Crippen LogP contribution in [0.1, 0.15) is 45.6 Å². The number of unbranched alkanes of at least 4 members (excludes halogenated alkanes) is 2. The topological polar surface area (TPSA) is 24.5 Å². The maximum absolute atomic E-state index is 5.81. The lowest BCUT2D eigenvalue weighted by atomic mass is 10.1. The van der Waals surface area contributed by atoms with Gasteiger partial charge in [0.05, 0.1) is 0 Å². The molecule has 1 aromatic rings. The molecule has 0 bridgehead atoms. The standard InChI is InChI=1S/C18H30N2O/c1-18(2,3)19-11-7-4-8-12-20-13-14-21-17-10-6-5-9-16(17)15-20/h5-6,9-10,19H,4,7-8,11-15H2,1-3H3. The monoisotopic (exact) mass is 290 g/mol. The van der Waals surface area contributed by atoms with E-state index in [1.54, 1.807) is 0 Å². The van der Waals surface area contributed by atoms with Crippen molar-refractivity contribution in [2.24, 2.45) is 0 Å². The van der Waals surface area contributed by atoms with Crippen molar-refractivity contribution in [2.75, 3.05) is 26.2 Å². The molecule has 1 N–H and O–H groups in total. The largest absolute Gasteiger partial charge is 0.492 e. The van der Waals surface area contributed by atoms with Crippen LogP contribution < -0.4 is 10.1 Å². The highest BCUT2D eigenvalue weighted by Gasteiger charge is 2.14. The van der Waals surface area contributed by atoms with Gasteiger partial charge in [-0.1, -0.05) is 24.6 Å². The van der Waals surface area contributed by atoms with Crippen LogP contribution in [-0.4, -0.2) is 36.7 Å². The Kier molecular flexibility index (Phi) is 6.07. The molecule has 0 saturated carbocycles. The van der Waals surface area contributed by atoms with Gasteiger partial charge in [0.1, 0.15) is 12.4 Å². The number of hydrogen-bond acceptors (Lipinski definition) is 3. The molecule has 0 aliphatic carbocycles. The van der Waals surface area contributed by atoms with Gasteiger partial charge < -0.3 is 10.1 Å². The Morgan fingerprint density at radius 2 is 1.95 bits per heavy atom. The second kappa shape index (κ2) is 7.81. The lowest BCUT2D eigenvalue weighted by molar-refractivity contribution is 0.222. The van der Waals surface area contributed by atoms with Gasteiger partial charge in [0.25, 0.3) is 0 Å². The van der Waals surface area contributed by atoms with Crippen molar-refractivity contribution in [3.8, 4) is 5.75 Å². The molecule has 3 nitrogen and oxygen atoms in total. The lowest BCUT2D eigenvalue weighted by Gasteiger charge is -2.21. The number of hydrogen-bond donors (Lipinski definition) is 1. The quantitative estimate of drug-likeness (QED) is 0.812. The zero-order chi connectivity index (χ0) is 15.1. The molecule has 2 rings (SSSR count). The van der Waals surface area contributed by atoms with Crippen LogP contribution in [-0.2, 0) is 6.54 Å². The average molecular weight is 290 g/mol. The van der Waals surface area contributed by atoms with Gasteiger partial charge in [-0.25, -0.2) is 0 Å². The molecule has 0 unspecified atom stereocenters. The first-order valence-electron chi connectivity index (χ1n) is 8.23. The smallest absolute Gasteiger partial charge is 0.123 e. The van der Waals surface area contributed by atoms with E-state index < -0.39 is 0 Å². The average Bonchev–Trinajstić information content (AvgIpc) is 2.63. The maximum Gasteiger partial charge on any atom is 0.123 e. The Labute approximate surface area is 129 Å². The van der Waals surface area contributed by atoms with Crippen molar-refractivity contribution in [3.63, 3.8) is 0 Å². The fourth-order valence-electron chi connectivity index (χ4n) is 2.67. The predicted molar refractivity (Wildman–Crippen MR) is 88.8 cm³/mol. The number of ether oxygens (including phenoxy) is 1. The van der Waals surface area contributed by atoms with Crippen LogP contribution in [0.5, 0.6) is 5.75 Å². The number of para-hydroxylation sites is 1. The zero-order valence-corrected chi connectivity index (χ0v) is 13.8. The minimum atomic E-state index is 0.242. The Hall–Kier alpha value is -1.06. The molecule has 0 amide bonds. The first-order valence-corrected chi connectivity index (χ1v) is 8.23. The molecular formula is C18H30N2O. The van der Waals surface area contributed by atoms with Gasteiger partial charge in [0, 0.05) is 24.2 Å². The summed E-state index contributed by atoms with van der Waals surface area (Å²) in [6.45, 7) is 11.8. The predicted octanol–water partition coefficient (Wildman–Crippen LogP) is 3.44. The molecule has 0 spiro atoms. The molecular weight excluding hydrogens is 260 g/mol. The highest BCUT2D eigenvalue weighted by atomic mass is 16.5.